The Kier molecular flexibility index (Phi) is 9.51. The summed E-state index contributed by atoms with van der Waals surface area (Å²) in [6.45, 7) is 2.72. The van der Waals surface area contributed by atoms with Gasteiger partial charge in [-0.1, -0.05) is 76.8 Å². The molecule has 5 nitrogen and oxygen atoms in total. The van der Waals surface area contributed by atoms with Gasteiger partial charge in [0.1, 0.15) is 36.4 Å². The summed E-state index contributed by atoms with van der Waals surface area (Å²) in [4.78, 5) is 12.7. The minimum Gasteiger partial charge on any atom is -0.489 e. The average molecular weight is 578 g/mol. The Hall–Kier alpha value is -3.95. The summed E-state index contributed by atoms with van der Waals surface area (Å²) in [5.74, 6) is 0.579. The van der Waals surface area contributed by atoms with E-state index in [9.17, 15) is 10.1 Å². The maximum absolute atomic E-state index is 12.7. The number of hydrogen-bond donors (Lipinski definition) is 1. The fraction of sp³-hybridized carbons (Fsp3) is 0.0968. The van der Waals surface area contributed by atoms with Gasteiger partial charge in [-0.05, 0) is 78.2 Å². The highest BCUT2D eigenvalue weighted by Crippen LogP contribution is 2.29. The van der Waals surface area contributed by atoms with E-state index in [-0.39, 0.29) is 12.2 Å². The van der Waals surface area contributed by atoms with Gasteiger partial charge in [-0.25, -0.2) is 0 Å². The number of hydrogen-bond acceptors (Lipinski definition) is 4. The second-order valence-corrected chi connectivity index (χ2v) is 9.87. The first-order valence-corrected chi connectivity index (χ1v) is 13.0. The summed E-state index contributed by atoms with van der Waals surface area (Å²) in [7, 11) is 0. The molecule has 0 fully saturated rings. The second-order valence-electron chi connectivity index (χ2n) is 8.65. The number of carbonyl (C=O) groups is 1. The lowest BCUT2D eigenvalue weighted by Crippen LogP contribution is -2.13. The van der Waals surface area contributed by atoms with Gasteiger partial charge in [-0.15, -0.1) is 0 Å². The van der Waals surface area contributed by atoms with Crippen molar-refractivity contribution < 1.29 is 14.3 Å². The highest BCUT2D eigenvalue weighted by molar-refractivity contribution is 6.42. The fourth-order valence-corrected chi connectivity index (χ4v) is 4.08. The van der Waals surface area contributed by atoms with Crippen LogP contribution in [0.3, 0.4) is 0 Å². The smallest absolute Gasteiger partial charge is 0.266 e. The van der Waals surface area contributed by atoms with Gasteiger partial charge < -0.3 is 14.8 Å². The first-order chi connectivity index (χ1) is 18.8. The molecule has 0 aliphatic heterocycles. The van der Waals surface area contributed by atoms with Crippen LogP contribution >= 0.6 is 34.8 Å². The van der Waals surface area contributed by atoms with Crippen LogP contribution in [0.1, 0.15) is 22.3 Å². The van der Waals surface area contributed by atoms with E-state index in [4.69, 9.17) is 44.3 Å². The van der Waals surface area contributed by atoms with Gasteiger partial charge in [0.25, 0.3) is 5.91 Å². The molecule has 0 spiro atoms. The number of benzene rings is 4. The molecule has 4 rings (SSSR count). The molecule has 4 aromatic rings. The molecular weight excluding hydrogens is 555 g/mol. The predicted octanol–water partition coefficient (Wildman–Crippen LogP) is 8.66. The molecule has 0 saturated carbocycles. The van der Waals surface area contributed by atoms with E-state index in [0.29, 0.717) is 44.4 Å². The third-order valence-electron chi connectivity index (χ3n) is 5.65. The number of nitrogens with one attached hydrogen (secondary N) is 1. The highest BCUT2D eigenvalue weighted by atomic mass is 35.5. The van der Waals surface area contributed by atoms with Gasteiger partial charge in [0.2, 0.25) is 0 Å². The molecule has 8 heteroatoms. The largest absolute Gasteiger partial charge is 0.489 e. The summed E-state index contributed by atoms with van der Waals surface area (Å²) in [5.41, 5.74) is 4.12. The fourth-order valence-electron chi connectivity index (χ4n) is 3.51. The number of anilines is 1. The summed E-state index contributed by atoms with van der Waals surface area (Å²) < 4.78 is 11.6. The quantitative estimate of drug-likeness (QED) is 0.160. The maximum atomic E-state index is 12.7. The first kappa shape index (κ1) is 28.1. The lowest BCUT2D eigenvalue weighted by molar-refractivity contribution is -0.112. The average Bonchev–Trinajstić information content (AvgIpc) is 2.93. The van der Waals surface area contributed by atoms with E-state index in [1.165, 1.54) is 11.6 Å². The van der Waals surface area contributed by atoms with Crippen LogP contribution in [-0.2, 0) is 18.0 Å². The molecule has 196 valence electrons. The van der Waals surface area contributed by atoms with Crippen LogP contribution in [0.5, 0.6) is 11.5 Å². The number of amides is 1. The van der Waals surface area contributed by atoms with Crippen LogP contribution in [0.15, 0.2) is 90.5 Å². The minimum atomic E-state index is -0.540. The first-order valence-electron chi connectivity index (χ1n) is 11.9. The Morgan fingerprint density at radius 2 is 1.51 bits per heavy atom. The van der Waals surface area contributed by atoms with Gasteiger partial charge in [-0.2, -0.15) is 5.26 Å². The Labute approximate surface area is 242 Å². The van der Waals surface area contributed by atoms with Crippen molar-refractivity contribution in [1.29, 1.82) is 5.26 Å². The van der Waals surface area contributed by atoms with Crippen molar-refractivity contribution >= 4 is 52.5 Å². The van der Waals surface area contributed by atoms with Gasteiger partial charge >= 0.3 is 0 Å². The van der Waals surface area contributed by atoms with E-state index in [1.807, 2.05) is 43.3 Å². The van der Waals surface area contributed by atoms with E-state index in [2.05, 4.69) is 5.32 Å². The highest BCUT2D eigenvalue weighted by Gasteiger charge is 2.11. The number of nitriles is 1. The second kappa shape index (κ2) is 13.2. The molecule has 0 atom stereocenters. The number of halogens is 3. The Bertz CT molecular complexity index is 1540. The van der Waals surface area contributed by atoms with Crippen molar-refractivity contribution in [2.24, 2.45) is 0 Å². The number of carbonyl (C=O) groups excluding carboxylic acids is 1. The van der Waals surface area contributed by atoms with Crippen LogP contribution in [-0.4, -0.2) is 5.91 Å². The summed E-state index contributed by atoms with van der Waals surface area (Å²) in [6.07, 6.45) is 1.46. The van der Waals surface area contributed by atoms with Gasteiger partial charge in [-0.3, -0.25) is 4.79 Å². The molecule has 0 bridgehead atoms. The Morgan fingerprint density at radius 3 is 2.18 bits per heavy atom. The molecular formula is C31H23Cl3N2O3. The van der Waals surface area contributed by atoms with Crippen molar-refractivity contribution in [2.45, 2.75) is 20.1 Å². The van der Waals surface area contributed by atoms with Crippen molar-refractivity contribution in [3.05, 3.63) is 128 Å². The topological polar surface area (TPSA) is 71.3 Å². The zero-order chi connectivity index (χ0) is 27.8. The SMILES string of the molecule is Cc1ccc(COc2ccc(NC(=O)/C(C#N)=C/c3ccc(OCc4ccc(Cl)c(Cl)c4)c(Cl)c3)cc2)cc1. The van der Waals surface area contributed by atoms with E-state index < -0.39 is 5.91 Å². The van der Waals surface area contributed by atoms with Crippen LogP contribution in [0.4, 0.5) is 5.69 Å². The molecule has 1 N–H and O–H groups in total. The molecule has 1 amide bonds. The van der Waals surface area contributed by atoms with Crippen LogP contribution in [0.25, 0.3) is 6.08 Å². The molecule has 39 heavy (non-hydrogen) atoms. The van der Waals surface area contributed by atoms with Crippen LogP contribution < -0.4 is 14.8 Å². The Balaban J connectivity index is 1.35. The molecule has 0 heterocycles. The molecule has 0 unspecified atom stereocenters. The summed E-state index contributed by atoms with van der Waals surface area (Å²) >= 11 is 18.4. The number of nitrogens with zero attached hydrogens (tertiary/aromatic N) is 1. The number of aryl methyl sites for hydroxylation is 1. The third kappa shape index (κ3) is 8.02. The lowest BCUT2D eigenvalue weighted by atomic mass is 10.1. The lowest BCUT2D eigenvalue weighted by Gasteiger charge is -2.10. The standard InChI is InChI=1S/C31H23Cl3N2O3/c1-20-2-4-21(5-3-20)18-38-26-10-8-25(9-11-26)36-31(37)24(17-35)14-22-7-13-30(29(34)15-22)39-19-23-6-12-27(32)28(33)16-23/h2-16H,18-19H2,1H3,(H,36,37)/b24-14+. The molecule has 0 radical (unpaired) electrons. The van der Waals surface area contributed by atoms with Crippen molar-refractivity contribution in [3.8, 4) is 17.6 Å². The maximum Gasteiger partial charge on any atom is 0.266 e. The molecule has 4 aromatic carbocycles. The van der Waals surface area contributed by atoms with E-state index in [0.717, 1.165) is 11.1 Å². The van der Waals surface area contributed by atoms with Crippen molar-refractivity contribution in [1.82, 2.24) is 0 Å². The summed E-state index contributed by atoms with van der Waals surface area (Å²) in [5, 5.41) is 13.5. The number of rotatable bonds is 9. The van der Waals surface area contributed by atoms with E-state index in [1.54, 1.807) is 54.6 Å². The van der Waals surface area contributed by atoms with Gasteiger partial charge in [0.15, 0.2) is 0 Å². The van der Waals surface area contributed by atoms with Crippen LogP contribution in [0, 0.1) is 18.3 Å². The zero-order valence-electron chi connectivity index (χ0n) is 20.9. The normalized spacial score (nSPS) is 11.0. The summed E-state index contributed by atoms with van der Waals surface area (Å²) in [6, 6.07) is 27.2. The monoisotopic (exact) mass is 576 g/mol. The van der Waals surface area contributed by atoms with Crippen molar-refractivity contribution in [3.63, 3.8) is 0 Å². The Morgan fingerprint density at radius 1 is 0.821 bits per heavy atom. The van der Waals surface area contributed by atoms with Gasteiger partial charge in [0.05, 0.1) is 15.1 Å². The zero-order valence-corrected chi connectivity index (χ0v) is 23.1. The number of ether oxygens (including phenoxy) is 2. The van der Waals surface area contributed by atoms with Gasteiger partial charge in [0, 0.05) is 5.69 Å². The molecule has 0 saturated heterocycles. The third-order valence-corrected chi connectivity index (χ3v) is 6.68. The van der Waals surface area contributed by atoms with Crippen molar-refractivity contribution in [2.75, 3.05) is 5.32 Å². The predicted molar refractivity (Wildman–Crippen MR) is 156 cm³/mol. The molecule has 0 aliphatic carbocycles. The molecule has 0 aliphatic rings. The molecule has 0 aromatic heterocycles. The van der Waals surface area contributed by atoms with E-state index >= 15 is 0 Å². The minimum absolute atomic E-state index is 0.0739. The van der Waals surface area contributed by atoms with Crippen LogP contribution in [0.2, 0.25) is 15.1 Å².